The summed E-state index contributed by atoms with van der Waals surface area (Å²) in [5.74, 6) is 1.92. The maximum absolute atomic E-state index is 6.46. The molecule has 2 nitrogen and oxygen atoms in total. The molecule has 1 saturated heterocycles. The zero-order valence-corrected chi connectivity index (χ0v) is 15.4. The van der Waals surface area contributed by atoms with Gasteiger partial charge in [-0.25, -0.2) is 0 Å². The molecule has 0 saturated carbocycles. The fraction of sp³-hybridized carbons (Fsp3) is 0.400. The van der Waals surface area contributed by atoms with Crippen LogP contribution in [0.2, 0.25) is 10.0 Å². The van der Waals surface area contributed by atoms with Crippen molar-refractivity contribution in [1.82, 2.24) is 5.32 Å². The van der Waals surface area contributed by atoms with Gasteiger partial charge in [0, 0.05) is 33.6 Å². The lowest BCUT2D eigenvalue weighted by Gasteiger charge is -2.25. The molecule has 2 aliphatic heterocycles. The van der Waals surface area contributed by atoms with Crippen molar-refractivity contribution in [2.45, 2.75) is 38.2 Å². The molecule has 0 radical (unpaired) electrons. The smallest absolute Gasteiger partial charge is 0.126 e. The summed E-state index contributed by atoms with van der Waals surface area (Å²) in [5, 5.41) is 4.85. The molecule has 4 heteroatoms. The van der Waals surface area contributed by atoms with Gasteiger partial charge in [-0.15, -0.1) is 0 Å². The van der Waals surface area contributed by atoms with Crippen molar-refractivity contribution < 1.29 is 4.74 Å². The molecule has 0 bridgehead atoms. The normalized spacial score (nSPS) is 22.2. The van der Waals surface area contributed by atoms with E-state index in [4.69, 9.17) is 27.9 Å². The third-order valence-electron chi connectivity index (χ3n) is 5.10. The van der Waals surface area contributed by atoms with Crippen LogP contribution in [0.25, 0.3) is 11.1 Å². The second kappa shape index (κ2) is 6.25. The van der Waals surface area contributed by atoms with E-state index in [1.54, 1.807) is 0 Å². The number of nitrogens with one attached hydrogen (secondary N) is 1. The largest absolute Gasteiger partial charge is 0.489 e. The molecule has 0 aliphatic carbocycles. The first-order chi connectivity index (χ1) is 11.5. The van der Waals surface area contributed by atoms with Crippen molar-refractivity contribution in [3.8, 4) is 16.9 Å². The fourth-order valence-electron chi connectivity index (χ4n) is 3.83. The third kappa shape index (κ3) is 2.71. The highest BCUT2D eigenvalue weighted by atomic mass is 35.5. The second-order valence-electron chi connectivity index (χ2n) is 7.02. The van der Waals surface area contributed by atoms with E-state index < -0.39 is 0 Å². The lowest BCUT2D eigenvalue weighted by molar-refractivity contribution is 0.171. The van der Waals surface area contributed by atoms with Crippen molar-refractivity contribution in [2.24, 2.45) is 0 Å². The van der Waals surface area contributed by atoms with Crippen molar-refractivity contribution in [3.05, 3.63) is 51.5 Å². The zero-order valence-electron chi connectivity index (χ0n) is 13.9. The molecular weight excluding hydrogens is 341 g/mol. The lowest BCUT2D eigenvalue weighted by Crippen LogP contribution is -2.37. The Morgan fingerprint density at radius 3 is 2.75 bits per heavy atom. The number of fused-ring (bicyclic) bond motifs is 3. The minimum Gasteiger partial charge on any atom is -0.489 e. The van der Waals surface area contributed by atoms with Crippen molar-refractivity contribution >= 4 is 23.2 Å². The predicted octanol–water partition coefficient (Wildman–Crippen LogP) is 5.62. The topological polar surface area (TPSA) is 21.3 Å². The number of halogens is 2. The molecule has 1 N–H and O–H groups in total. The Kier molecular flexibility index (Phi) is 4.24. The van der Waals surface area contributed by atoms with Crippen LogP contribution in [0.5, 0.6) is 5.75 Å². The molecule has 0 aromatic heterocycles. The summed E-state index contributed by atoms with van der Waals surface area (Å²) in [6.45, 7) is 6.44. The van der Waals surface area contributed by atoms with Crippen LogP contribution in [0.3, 0.4) is 0 Å². The Balaban J connectivity index is 1.87. The van der Waals surface area contributed by atoms with Gasteiger partial charge in [-0.3, -0.25) is 0 Å². The first kappa shape index (κ1) is 16.3. The minimum atomic E-state index is 0.301. The molecule has 2 aromatic rings. The van der Waals surface area contributed by atoms with Gasteiger partial charge >= 0.3 is 0 Å². The Morgan fingerprint density at radius 1 is 1.17 bits per heavy atom. The van der Waals surface area contributed by atoms with Gasteiger partial charge in [0.05, 0.1) is 0 Å². The highest BCUT2D eigenvalue weighted by Crippen LogP contribution is 2.47. The monoisotopic (exact) mass is 361 g/mol. The van der Waals surface area contributed by atoms with Gasteiger partial charge in [0.1, 0.15) is 11.9 Å². The van der Waals surface area contributed by atoms with Crippen molar-refractivity contribution in [1.29, 1.82) is 0 Å². The van der Waals surface area contributed by atoms with Crippen LogP contribution in [0.15, 0.2) is 30.3 Å². The van der Waals surface area contributed by atoms with E-state index in [2.05, 4.69) is 31.3 Å². The number of rotatable bonds is 2. The summed E-state index contributed by atoms with van der Waals surface area (Å²) >= 11 is 12.5. The molecular formula is C20H21Cl2NO. The molecule has 2 unspecified atom stereocenters. The quantitative estimate of drug-likeness (QED) is 0.748. The van der Waals surface area contributed by atoms with Crippen molar-refractivity contribution in [2.75, 3.05) is 13.1 Å². The zero-order chi connectivity index (χ0) is 16.8. The highest BCUT2D eigenvalue weighted by Gasteiger charge is 2.38. The maximum atomic E-state index is 6.46. The van der Waals surface area contributed by atoms with Gasteiger partial charge in [-0.1, -0.05) is 43.1 Å². The van der Waals surface area contributed by atoms with Crippen LogP contribution in [0.4, 0.5) is 0 Å². The molecule has 1 fully saturated rings. The van der Waals surface area contributed by atoms with Gasteiger partial charge in [0.25, 0.3) is 0 Å². The van der Waals surface area contributed by atoms with Crippen LogP contribution in [0.1, 0.15) is 43.2 Å². The summed E-state index contributed by atoms with van der Waals surface area (Å²) in [6, 6.07) is 10.2. The Hall–Kier alpha value is -1.22. The summed E-state index contributed by atoms with van der Waals surface area (Å²) in [6.07, 6.45) is 1.36. The van der Waals surface area contributed by atoms with E-state index in [-0.39, 0.29) is 0 Å². The van der Waals surface area contributed by atoms with Crippen molar-refractivity contribution in [3.63, 3.8) is 0 Å². The molecule has 24 heavy (non-hydrogen) atoms. The molecule has 2 heterocycles. The van der Waals surface area contributed by atoms with Crippen LogP contribution in [0, 0.1) is 0 Å². The minimum absolute atomic E-state index is 0.301. The molecule has 4 rings (SSSR count). The highest BCUT2D eigenvalue weighted by molar-refractivity contribution is 6.36. The number of ether oxygens (including phenoxy) is 1. The summed E-state index contributed by atoms with van der Waals surface area (Å²) in [7, 11) is 0. The van der Waals surface area contributed by atoms with Gasteiger partial charge in [0.2, 0.25) is 0 Å². The number of benzene rings is 2. The Morgan fingerprint density at radius 2 is 2.00 bits per heavy atom. The SMILES string of the molecule is CC(C)c1cc(-c2ccc(Cl)cc2Cl)cc2c1OC1CCNCC21. The first-order valence-electron chi connectivity index (χ1n) is 8.55. The average molecular weight is 362 g/mol. The van der Waals surface area contributed by atoms with E-state index in [9.17, 15) is 0 Å². The molecule has 2 atom stereocenters. The summed E-state index contributed by atoms with van der Waals surface area (Å²) in [4.78, 5) is 0. The van der Waals surface area contributed by atoms with Gasteiger partial charge < -0.3 is 10.1 Å². The van der Waals surface area contributed by atoms with Crippen LogP contribution >= 0.6 is 23.2 Å². The number of hydrogen-bond donors (Lipinski definition) is 1. The van der Waals surface area contributed by atoms with Gasteiger partial charge in [-0.05, 0) is 54.3 Å². The van der Waals surface area contributed by atoms with E-state index in [0.29, 0.717) is 28.0 Å². The molecule has 2 aromatic carbocycles. The van der Waals surface area contributed by atoms with E-state index in [1.807, 2.05) is 18.2 Å². The fourth-order valence-corrected chi connectivity index (χ4v) is 4.35. The molecule has 0 amide bonds. The summed E-state index contributed by atoms with van der Waals surface area (Å²) in [5.41, 5.74) is 4.76. The van der Waals surface area contributed by atoms with Crippen LogP contribution in [-0.4, -0.2) is 19.2 Å². The third-order valence-corrected chi connectivity index (χ3v) is 5.65. The molecule has 2 aliphatic rings. The number of piperidine rings is 1. The Labute approximate surface area is 153 Å². The van der Waals surface area contributed by atoms with E-state index in [0.717, 1.165) is 36.4 Å². The van der Waals surface area contributed by atoms with Crippen LogP contribution in [-0.2, 0) is 0 Å². The van der Waals surface area contributed by atoms with Gasteiger partial charge in [0.15, 0.2) is 0 Å². The van der Waals surface area contributed by atoms with E-state index >= 15 is 0 Å². The number of hydrogen-bond acceptors (Lipinski definition) is 2. The summed E-state index contributed by atoms with van der Waals surface area (Å²) < 4.78 is 6.35. The predicted molar refractivity (Wildman–Crippen MR) is 101 cm³/mol. The molecule has 0 spiro atoms. The van der Waals surface area contributed by atoms with Gasteiger partial charge in [-0.2, -0.15) is 0 Å². The lowest BCUT2D eigenvalue weighted by atomic mass is 9.86. The van der Waals surface area contributed by atoms with Crippen LogP contribution < -0.4 is 10.1 Å². The van der Waals surface area contributed by atoms with E-state index in [1.165, 1.54) is 11.1 Å². The maximum Gasteiger partial charge on any atom is 0.126 e. The second-order valence-corrected chi connectivity index (χ2v) is 7.86. The first-order valence-corrected chi connectivity index (χ1v) is 9.31. The standard InChI is InChI=1S/C20H21Cl2NO/c1-11(2)15-7-12(14-4-3-13(21)9-18(14)22)8-16-17-10-23-6-5-19(17)24-20(15)16/h3-4,7-9,11,17,19,23H,5-6,10H2,1-2H3. The Bertz CT molecular complexity index is 787. The molecule has 126 valence electrons. The average Bonchev–Trinajstić information content (AvgIpc) is 2.92.